The molecule has 0 aromatic carbocycles. The molecular formula is C13H18O. The molecule has 0 bridgehead atoms. The van der Waals surface area contributed by atoms with E-state index in [1.807, 2.05) is 0 Å². The Morgan fingerprint density at radius 1 is 1.21 bits per heavy atom. The average Bonchev–Trinajstić information content (AvgIpc) is 2.42. The van der Waals surface area contributed by atoms with Crippen molar-refractivity contribution in [1.29, 1.82) is 0 Å². The van der Waals surface area contributed by atoms with Crippen molar-refractivity contribution in [2.24, 2.45) is 0 Å². The molecule has 1 nitrogen and oxygen atoms in total. The second kappa shape index (κ2) is 3.74. The lowest BCUT2D eigenvalue weighted by Gasteiger charge is -2.28. The minimum atomic E-state index is 0.000509. The van der Waals surface area contributed by atoms with Gasteiger partial charge in [-0.15, -0.1) is 0 Å². The molecule has 14 heavy (non-hydrogen) atoms. The molecule has 0 fully saturated rings. The van der Waals surface area contributed by atoms with Crippen molar-refractivity contribution in [2.45, 2.75) is 38.7 Å². The maximum absolute atomic E-state index is 5.96. The fourth-order valence-corrected chi connectivity index (χ4v) is 2.37. The minimum absolute atomic E-state index is 0.000509. The van der Waals surface area contributed by atoms with Gasteiger partial charge in [-0.2, -0.15) is 0 Å². The van der Waals surface area contributed by atoms with E-state index in [0.29, 0.717) is 0 Å². The first-order valence-electron chi connectivity index (χ1n) is 5.53. The van der Waals surface area contributed by atoms with E-state index in [4.69, 9.17) is 4.74 Å². The van der Waals surface area contributed by atoms with Crippen molar-refractivity contribution in [3.05, 3.63) is 35.5 Å². The lowest BCUT2D eigenvalue weighted by atomic mass is 9.87. The Morgan fingerprint density at radius 3 is 2.64 bits per heavy atom. The predicted octanol–water partition coefficient (Wildman–Crippen LogP) is 3.39. The van der Waals surface area contributed by atoms with Gasteiger partial charge < -0.3 is 4.74 Å². The number of hydrogen-bond donors (Lipinski definition) is 0. The maximum Gasteiger partial charge on any atom is 0.0934 e. The fraction of sp³-hybridized carbons (Fsp3) is 0.538. The van der Waals surface area contributed by atoms with Crippen LogP contribution in [-0.2, 0) is 4.74 Å². The van der Waals surface area contributed by atoms with Gasteiger partial charge in [0.2, 0.25) is 0 Å². The highest BCUT2D eigenvalue weighted by molar-refractivity contribution is 5.45. The van der Waals surface area contributed by atoms with Crippen molar-refractivity contribution < 1.29 is 4.74 Å². The quantitative estimate of drug-likeness (QED) is 0.648. The Hall–Kier alpha value is -0.820. The zero-order valence-corrected chi connectivity index (χ0v) is 9.05. The van der Waals surface area contributed by atoms with Crippen LogP contribution in [0.5, 0.6) is 0 Å². The molecule has 1 aliphatic carbocycles. The van der Waals surface area contributed by atoms with Gasteiger partial charge in [-0.25, -0.2) is 0 Å². The average molecular weight is 190 g/mol. The molecule has 1 aliphatic heterocycles. The van der Waals surface area contributed by atoms with Crippen molar-refractivity contribution in [3.63, 3.8) is 0 Å². The summed E-state index contributed by atoms with van der Waals surface area (Å²) in [4.78, 5) is 0. The molecule has 2 aliphatic rings. The number of hydrogen-bond acceptors (Lipinski definition) is 1. The summed E-state index contributed by atoms with van der Waals surface area (Å²) in [6, 6.07) is 0. The standard InChI is InChI=1S/C13H18O/c1-3-13(4-2)12-9-7-5-6-8-11(12)10-14-13/h6-9H,3-5,10H2,1-2H3. The summed E-state index contributed by atoms with van der Waals surface area (Å²) in [5.74, 6) is 0. The molecule has 0 spiro atoms. The lowest BCUT2D eigenvalue weighted by Crippen LogP contribution is -2.28. The monoisotopic (exact) mass is 190 g/mol. The van der Waals surface area contributed by atoms with E-state index in [1.54, 1.807) is 0 Å². The van der Waals surface area contributed by atoms with Gasteiger partial charge in [-0.3, -0.25) is 0 Å². The van der Waals surface area contributed by atoms with Crippen molar-refractivity contribution in [2.75, 3.05) is 6.61 Å². The van der Waals surface area contributed by atoms with Crippen LogP contribution in [0.15, 0.2) is 35.5 Å². The predicted molar refractivity (Wildman–Crippen MR) is 59.2 cm³/mol. The van der Waals surface area contributed by atoms with Gasteiger partial charge in [-0.05, 0) is 30.4 Å². The van der Waals surface area contributed by atoms with Gasteiger partial charge in [0.05, 0.1) is 12.2 Å². The van der Waals surface area contributed by atoms with Gasteiger partial charge in [0.25, 0.3) is 0 Å². The lowest BCUT2D eigenvalue weighted by molar-refractivity contribution is 0.0136. The largest absolute Gasteiger partial charge is 0.366 e. The molecule has 0 unspecified atom stereocenters. The molecule has 1 heterocycles. The molecule has 0 radical (unpaired) electrons. The Morgan fingerprint density at radius 2 is 1.93 bits per heavy atom. The topological polar surface area (TPSA) is 9.23 Å². The zero-order chi connectivity index (χ0) is 10.0. The van der Waals surface area contributed by atoms with Crippen molar-refractivity contribution in [1.82, 2.24) is 0 Å². The van der Waals surface area contributed by atoms with E-state index >= 15 is 0 Å². The number of rotatable bonds is 2. The molecule has 0 saturated heterocycles. The summed E-state index contributed by atoms with van der Waals surface area (Å²) >= 11 is 0. The first-order chi connectivity index (χ1) is 6.82. The van der Waals surface area contributed by atoms with Gasteiger partial charge >= 0.3 is 0 Å². The van der Waals surface area contributed by atoms with Crippen molar-refractivity contribution >= 4 is 0 Å². The molecule has 0 saturated carbocycles. The first kappa shape index (κ1) is 9.72. The molecular weight excluding hydrogens is 172 g/mol. The summed E-state index contributed by atoms with van der Waals surface area (Å²) in [5, 5.41) is 0. The van der Waals surface area contributed by atoms with Crippen LogP contribution in [0.3, 0.4) is 0 Å². The molecule has 0 aromatic heterocycles. The Kier molecular flexibility index (Phi) is 2.60. The highest BCUT2D eigenvalue weighted by Crippen LogP contribution is 2.39. The highest BCUT2D eigenvalue weighted by atomic mass is 16.5. The number of allylic oxidation sites excluding steroid dienone is 2. The third-order valence-corrected chi connectivity index (χ3v) is 3.36. The molecule has 0 amide bonds. The number of ether oxygens (including phenoxy) is 1. The first-order valence-corrected chi connectivity index (χ1v) is 5.53. The Labute approximate surface area is 86.2 Å². The highest BCUT2D eigenvalue weighted by Gasteiger charge is 2.37. The molecule has 0 atom stereocenters. The molecule has 1 heteroatoms. The van der Waals surface area contributed by atoms with E-state index in [0.717, 1.165) is 25.9 Å². The Balaban J connectivity index is 2.41. The second-order valence-electron chi connectivity index (χ2n) is 3.97. The van der Waals surface area contributed by atoms with Crippen LogP contribution in [-0.4, -0.2) is 12.2 Å². The van der Waals surface area contributed by atoms with Crippen LogP contribution in [0.1, 0.15) is 33.1 Å². The van der Waals surface area contributed by atoms with Gasteiger partial charge in [-0.1, -0.05) is 38.2 Å². The second-order valence-corrected chi connectivity index (χ2v) is 3.97. The summed E-state index contributed by atoms with van der Waals surface area (Å²) in [6.45, 7) is 5.21. The molecule has 76 valence electrons. The summed E-state index contributed by atoms with van der Waals surface area (Å²) in [7, 11) is 0. The van der Waals surface area contributed by atoms with E-state index in [1.165, 1.54) is 11.1 Å². The smallest absolute Gasteiger partial charge is 0.0934 e. The van der Waals surface area contributed by atoms with Crippen molar-refractivity contribution in [3.8, 4) is 0 Å². The third-order valence-electron chi connectivity index (χ3n) is 3.36. The van der Waals surface area contributed by atoms with Crippen LogP contribution >= 0.6 is 0 Å². The van der Waals surface area contributed by atoms with Crippen LogP contribution < -0.4 is 0 Å². The van der Waals surface area contributed by atoms with Crippen LogP contribution in [0.4, 0.5) is 0 Å². The van der Waals surface area contributed by atoms with Gasteiger partial charge in [0, 0.05) is 0 Å². The summed E-state index contributed by atoms with van der Waals surface area (Å²) in [6.07, 6.45) is 12.1. The van der Waals surface area contributed by atoms with E-state index < -0.39 is 0 Å². The van der Waals surface area contributed by atoms with E-state index in [9.17, 15) is 0 Å². The van der Waals surface area contributed by atoms with Crippen LogP contribution in [0, 0.1) is 0 Å². The molecule has 2 rings (SSSR count). The van der Waals surface area contributed by atoms with E-state index in [2.05, 4.69) is 38.2 Å². The Bertz CT molecular complexity index is 303. The zero-order valence-electron chi connectivity index (χ0n) is 9.05. The van der Waals surface area contributed by atoms with Crippen LogP contribution in [0.25, 0.3) is 0 Å². The molecule has 0 N–H and O–H groups in total. The summed E-state index contributed by atoms with van der Waals surface area (Å²) in [5.41, 5.74) is 2.79. The maximum atomic E-state index is 5.96. The normalized spacial score (nSPS) is 23.9. The van der Waals surface area contributed by atoms with E-state index in [-0.39, 0.29) is 5.60 Å². The fourth-order valence-electron chi connectivity index (χ4n) is 2.37. The van der Waals surface area contributed by atoms with Gasteiger partial charge in [0.1, 0.15) is 0 Å². The molecule has 0 aromatic rings. The van der Waals surface area contributed by atoms with Crippen LogP contribution in [0.2, 0.25) is 0 Å². The minimum Gasteiger partial charge on any atom is -0.366 e. The SMILES string of the molecule is CCC1(CC)OCC2=C1C=CCC=C2. The van der Waals surface area contributed by atoms with Gasteiger partial charge in [0.15, 0.2) is 0 Å². The summed E-state index contributed by atoms with van der Waals surface area (Å²) < 4.78 is 5.96. The third kappa shape index (κ3) is 1.36.